The summed E-state index contributed by atoms with van der Waals surface area (Å²) in [5, 5.41) is 0.881. The first-order valence-electron chi connectivity index (χ1n) is 10.3. The van der Waals surface area contributed by atoms with Crippen LogP contribution in [0.4, 0.5) is 5.69 Å². The maximum atomic E-state index is 12.4. The molecule has 4 aromatic rings. The van der Waals surface area contributed by atoms with E-state index in [4.69, 9.17) is 18.6 Å². The maximum Gasteiger partial charge on any atom is 0.336 e. The molecule has 0 N–H and O–H groups in total. The SMILES string of the molecule is COc1ccc(-c2cc(=O)oc3c(C)c4c(cc23)CN(c2ccc(OC)cc2)CO4)cc1. The third kappa shape index (κ3) is 3.43. The summed E-state index contributed by atoms with van der Waals surface area (Å²) < 4.78 is 22.3. The number of fused-ring (bicyclic) bond motifs is 2. The van der Waals surface area contributed by atoms with E-state index < -0.39 is 0 Å². The summed E-state index contributed by atoms with van der Waals surface area (Å²) in [4.78, 5) is 14.5. The highest BCUT2D eigenvalue weighted by molar-refractivity contribution is 5.96. The second-order valence-electron chi connectivity index (χ2n) is 7.74. The quantitative estimate of drug-likeness (QED) is 0.419. The molecule has 0 amide bonds. The van der Waals surface area contributed by atoms with Crippen LogP contribution in [0.2, 0.25) is 0 Å². The zero-order valence-corrected chi connectivity index (χ0v) is 18.2. The number of anilines is 1. The number of aryl methyl sites for hydroxylation is 1. The van der Waals surface area contributed by atoms with Gasteiger partial charge in [-0.05, 0) is 60.5 Å². The third-order valence-corrected chi connectivity index (χ3v) is 5.86. The van der Waals surface area contributed by atoms with Gasteiger partial charge in [0.2, 0.25) is 0 Å². The van der Waals surface area contributed by atoms with Gasteiger partial charge in [-0.15, -0.1) is 0 Å². The summed E-state index contributed by atoms with van der Waals surface area (Å²) in [7, 11) is 3.29. The van der Waals surface area contributed by atoms with Crippen LogP contribution in [-0.2, 0) is 6.54 Å². The van der Waals surface area contributed by atoms with Crippen molar-refractivity contribution in [3.05, 3.63) is 82.2 Å². The molecule has 1 aliphatic heterocycles. The smallest absolute Gasteiger partial charge is 0.336 e. The van der Waals surface area contributed by atoms with Crippen LogP contribution in [0, 0.1) is 6.92 Å². The Morgan fingerprint density at radius 2 is 1.56 bits per heavy atom. The minimum atomic E-state index is -0.387. The van der Waals surface area contributed by atoms with Crippen molar-refractivity contribution < 1.29 is 18.6 Å². The van der Waals surface area contributed by atoms with Crippen molar-refractivity contribution in [2.75, 3.05) is 25.9 Å². The number of nitrogens with zero attached hydrogens (tertiary/aromatic N) is 1. The first-order valence-corrected chi connectivity index (χ1v) is 10.3. The third-order valence-electron chi connectivity index (χ3n) is 5.86. The molecule has 0 aliphatic carbocycles. The van der Waals surface area contributed by atoms with Gasteiger partial charge in [0, 0.05) is 34.8 Å². The predicted molar refractivity (Wildman–Crippen MR) is 124 cm³/mol. The highest BCUT2D eigenvalue weighted by Gasteiger charge is 2.23. The zero-order valence-electron chi connectivity index (χ0n) is 18.2. The molecule has 0 saturated heterocycles. The molecule has 6 heteroatoms. The fourth-order valence-electron chi connectivity index (χ4n) is 4.19. The lowest BCUT2D eigenvalue weighted by Gasteiger charge is -2.32. The highest BCUT2D eigenvalue weighted by atomic mass is 16.5. The standard InChI is InChI=1S/C26H23NO5/c1-16-25-18(14-27(15-31-25)19-6-10-21(30-3)11-7-19)12-23-22(13-24(28)32-26(16)23)17-4-8-20(29-2)9-5-17/h4-13H,14-15H2,1-3H3. The second-order valence-corrected chi connectivity index (χ2v) is 7.74. The molecule has 0 unspecified atom stereocenters. The number of hydrogen-bond donors (Lipinski definition) is 0. The Hall–Kier alpha value is -3.93. The van der Waals surface area contributed by atoms with Gasteiger partial charge in [0.25, 0.3) is 0 Å². The molecule has 0 bridgehead atoms. The normalized spacial score (nSPS) is 12.9. The molecular weight excluding hydrogens is 406 g/mol. The van der Waals surface area contributed by atoms with Crippen molar-refractivity contribution in [2.24, 2.45) is 0 Å². The summed E-state index contributed by atoms with van der Waals surface area (Å²) in [6, 6.07) is 19.2. The molecule has 0 atom stereocenters. The van der Waals surface area contributed by atoms with E-state index in [0.717, 1.165) is 50.6 Å². The Bertz CT molecular complexity index is 1340. The van der Waals surface area contributed by atoms with Crippen LogP contribution >= 0.6 is 0 Å². The highest BCUT2D eigenvalue weighted by Crippen LogP contribution is 2.39. The summed E-state index contributed by atoms with van der Waals surface area (Å²) in [6.45, 7) is 3.03. The fourth-order valence-corrected chi connectivity index (χ4v) is 4.19. The molecule has 32 heavy (non-hydrogen) atoms. The van der Waals surface area contributed by atoms with Crippen LogP contribution in [-0.4, -0.2) is 21.0 Å². The largest absolute Gasteiger partial charge is 0.497 e. The lowest BCUT2D eigenvalue weighted by atomic mass is 9.96. The molecule has 0 fully saturated rings. The summed E-state index contributed by atoms with van der Waals surface area (Å²) in [5.41, 5.74) is 4.84. The summed E-state index contributed by atoms with van der Waals surface area (Å²) >= 11 is 0. The van der Waals surface area contributed by atoms with Gasteiger partial charge in [-0.1, -0.05) is 12.1 Å². The first kappa shape index (κ1) is 20.0. The molecule has 0 spiro atoms. The van der Waals surface area contributed by atoms with Crippen molar-refractivity contribution in [1.29, 1.82) is 0 Å². The minimum Gasteiger partial charge on any atom is -0.497 e. The van der Waals surface area contributed by atoms with E-state index in [9.17, 15) is 4.79 Å². The number of rotatable bonds is 4. The fraction of sp³-hybridized carbons (Fsp3) is 0.192. The molecule has 1 aliphatic rings. The van der Waals surface area contributed by atoms with Crippen molar-refractivity contribution in [3.8, 4) is 28.4 Å². The first-order chi connectivity index (χ1) is 15.6. The van der Waals surface area contributed by atoms with Gasteiger partial charge < -0.3 is 23.5 Å². The molecule has 3 aromatic carbocycles. The Morgan fingerprint density at radius 1 is 0.906 bits per heavy atom. The van der Waals surface area contributed by atoms with Gasteiger partial charge >= 0.3 is 5.63 Å². The summed E-state index contributed by atoms with van der Waals surface area (Å²) in [6.07, 6.45) is 0. The number of benzene rings is 3. The van der Waals surface area contributed by atoms with Gasteiger partial charge in [-0.2, -0.15) is 0 Å². The topological polar surface area (TPSA) is 61.1 Å². The summed E-state index contributed by atoms with van der Waals surface area (Å²) in [5.74, 6) is 2.35. The van der Waals surface area contributed by atoms with E-state index in [1.807, 2.05) is 55.5 Å². The van der Waals surface area contributed by atoms with Crippen molar-refractivity contribution in [3.63, 3.8) is 0 Å². The van der Waals surface area contributed by atoms with Gasteiger partial charge in [0.05, 0.1) is 14.2 Å². The van der Waals surface area contributed by atoms with Gasteiger partial charge in [-0.3, -0.25) is 0 Å². The van der Waals surface area contributed by atoms with Crippen molar-refractivity contribution in [2.45, 2.75) is 13.5 Å². The monoisotopic (exact) mass is 429 g/mol. The van der Waals surface area contributed by atoms with E-state index in [2.05, 4.69) is 11.0 Å². The molecular formula is C26H23NO5. The van der Waals surface area contributed by atoms with Gasteiger partial charge in [0.1, 0.15) is 22.8 Å². The lowest BCUT2D eigenvalue weighted by Crippen LogP contribution is -2.32. The molecule has 0 radical (unpaired) electrons. The molecule has 6 nitrogen and oxygen atoms in total. The van der Waals surface area contributed by atoms with E-state index in [1.54, 1.807) is 20.3 Å². The van der Waals surface area contributed by atoms with Crippen LogP contribution in [0.5, 0.6) is 17.2 Å². The average molecular weight is 429 g/mol. The van der Waals surface area contributed by atoms with Crippen LogP contribution in [0.1, 0.15) is 11.1 Å². The Morgan fingerprint density at radius 3 is 2.22 bits per heavy atom. The van der Waals surface area contributed by atoms with Gasteiger partial charge in [-0.25, -0.2) is 4.79 Å². The predicted octanol–water partition coefficient (Wildman–Crippen LogP) is 5.14. The number of methoxy groups -OCH3 is 2. The van der Waals surface area contributed by atoms with E-state index in [-0.39, 0.29) is 5.63 Å². The van der Waals surface area contributed by atoms with Crippen molar-refractivity contribution in [1.82, 2.24) is 0 Å². The lowest BCUT2D eigenvalue weighted by molar-refractivity contribution is 0.287. The average Bonchev–Trinajstić information content (AvgIpc) is 2.84. The second kappa shape index (κ2) is 7.96. The van der Waals surface area contributed by atoms with Crippen LogP contribution in [0.15, 0.2) is 69.9 Å². The van der Waals surface area contributed by atoms with Crippen LogP contribution in [0.3, 0.4) is 0 Å². The van der Waals surface area contributed by atoms with E-state index in [0.29, 0.717) is 18.9 Å². The molecule has 0 saturated carbocycles. The van der Waals surface area contributed by atoms with Crippen LogP contribution < -0.4 is 24.7 Å². The van der Waals surface area contributed by atoms with E-state index in [1.165, 1.54) is 0 Å². The Balaban J connectivity index is 1.61. The molecule has 162 valence electrons. The minimum absolute atomic E-state index is 0.387. The van der Waals surface area contributed by atoms with Gasteiger partial charge in [0.15, 0.2) is 6.73 Å². The number of ether oxygens (including phenoxy) is 3. The van der Waals surface area contributed by atoms with Crippen LogP contribution in [0.25, 0.3) is 22.1 Å². The van der Waals surface area contributed by atoms with E-state index >= 15 is 0 Å². The molecule has 1 aromatic heterocycles. The Kier molecular flexibility index (Phi) is 4.98. The zero-order chi connectivity index (χ0) is 22.2. The maximum absolute atomic E-state index is 12.4. The molecule has 2 heterocycles. The Labute approximate surface area is 185 Å². The number of hydrogen-bond acceptors (Lipinski definition) is 6. The van der Waals surface area contributed by atoms with Crippen molar-refractivity contribution >= 4 is 16.7 Å². The molecule has 5 rings (SSSR count).